The van der Waals surface area contributed by atoms with Crippen LogP contribution < -0.4 is 5.73 Å². The van der Waals surface area contributed by atoms with Gasteiger partial charge in [0.2, 0.25) is 6.41 Å². The van der Waals surface area contributed by atoms with Crippen molar-refractivity contribution in [1.29, 1.82) is 0 Å². The van der Waals surface area contributed by atoms with Crippen LogP contribution in [0.2, 0.25) is 0 Å². The van der Waals surface area contributed by atoms with Gasteiger partial charge in [0, 0.05) is 0 Å². The second-order valence-electron chi connectivity index (χ2n) is 1.20. The van der Waals surface area contributed by atoms with Crippen LogP contribution in [0.15, 0.2) is 12.7 Å². The van der Waals surface area contributed by atoms with E-state index in [2.05, 4.69) is 21.8 Å². The maximum absolute atomic E-state index is 9.74. The zero-order chi connectivity index (χ0) is 10.4. The van der Waals surface area contributed by atoms with Crippen LogP contribution in [0.1, 0.15) is 6.92 Å². The van der Waals surface area contributed by atoms with Gasteiger partial charge in [0.15, 0.2) is 0 Å². The Morgan fingerprint density at radius 1 is 1.42 bits per heavy atom. The standard InChI is InChI=1S/C3H6O3.C3H6.CH3NO/c1-5-3(4)6-2;1-3-2;2-1-3/h1-2H3;3H,1H2,2H3;1H,(H2,2,3). The summed E-state index contributed by atoms with van der Waals surface area (Å²) in [4.78, 5) is 18.3. The number of carbonyl (C=O) groups is 2. The Bertz CT molecular complexity index is 102. The number of hydrogen-bond acceptors (Lipinski definition) is 4. The van der Waals surface area contributed by atoms with Crippen molar-refractivity contribution >= 4 is 12.6 Å². The first-order valence-electron chi connectivity index (χ1n) is 2.98. The predicted molar refractivity (Wildman–Crippen MR) is 45.5 cm³/mol. The number of ether oxygens (including phenoxy) is 2. The Morgan fingerprint density at radius 3 is 1.58 bits per heavy atom. The Hall–Kier alpha value is -1.52. The third kappa shape index (κ3) is 77.1. The molecule has 0 saturated heterocycles. The van der Waals surface area contributed by atoms with Gasteiger partial charge in [-0.15, -0.1) is 6.58 Å². The van der Waals surface area contributed by atoms with E-state index in [1.54, 1.807) is 6.08 Å². The van der Waals surface area contributed by atoms with Crippen molar-refractivity contribution in [1.82, 2.24) is 0 Å². The molecule has 5 heteroatoms. The summed E-state index contributed by atoms with van der Waals surface area (Å²) < 4.78 is 8.08. The van der Waals surface area contributed by atoms with E-state index >= 15 is 0 Å². The lowest BCUT2D eigenvalue weighted by Crippen LogP contribution is -1.97. The molecule has 72 valence electrons. The first kappa shape index (κ1) is 16.8. The molecule has 2 N–H and O–H groups in total. The molecule has 0 aromatic carbocycles. The van der Waals surface area contributed by atoms with Crippen LogP contribution in [-0.2, 0) is 14.3 Å². The maximum atomic E-state index is 9.74. The topological polar surface area (TPSA) is 78.6 Å². The van der Waals surface area contributed by atoms with Gasteiger partial charge in [-0.1, -0.05) is 6.08 Å². The summed E-state index contributed by atoms with van der Waals surface area (Å²) in [7, 11) is 2.51. The zero-order valence-electron chi connectivity index (χ0n) is 7.57. The fraction of sp³-hybridized carbons (Fsp3) is 0.429. The van der Waals surface area contributed by atoms with Crippen molar-refractivity contribution in [3.05, 3.63) is 12.7 Å². The Kier molecular flexibility index (Phi) is 31.8. The molecule has 0 aliphatic heterocycles. The van der Waals surface area contributed by atoms with E-state index in [4.69, 9.17) is 4.79 Å². The molecule has 0 rings (SSSR count). The fourth-order valence-corrected chi connectivity index (χ4v) is 0.0833. The highest BCUT2D eigenvalue weighted by molar-refractivity contribution is 5.59. The highest BCUT2D eigenvalue weighted by Gasteiger charge is 1.88. The van der Waals surface area contributed by atoms with Gasteiger partial charge >= 0.3 is 6.16 Å². The van der Waals surface area contributed by atoms with Crippen LogP contribution in [0, 0.1) is 0 Å². The first-order chi connectivity index (χ1) is 5.64. The summed E-state index contributed by atoms with van der Waals surface area (Å²) in [6.07, 6.45) is 1.34. The molecule has 5 nitrogen and oxygen atoms in total. The molecule has 0 bridgehead atoms. The van der Waals surface area contributed by atoms with Gasteiger partial charge in [-0.2, -0.15) is 0 Å². The van der Waals surface area contributed by atoms with Crippen LogP contribution in [0.3, 0.4) is 0 Å². The predicted octanol–water partition coefficient (Wildman–Crippen LogP) is 0.693. The number of allylic oxidation sites excluding steroid dienone is 1. The molecule has 1 amide bonds. The van der Waals surface area contributed by atoms with Gasteiger partial charge in [0.05, 0.1) is 14.2 Å². The average molecular weight is 177 g/mol. The molecule has 12 heavy (non-hydrogen) atoms. The lowest BCUT2D eigenvalue weighted by atomic mass is 10.8. The minimum atomic E-state index is -0.657. The highest BCUT2D eigenvalue weighted by Crippen LogP contribution is 1.72. The molecular formula is C7H15NO4. The van der Waals surface area contributed by atoms with Gasteiger partial charge < -0.3 is 15.2 Å². The van der Waals surface area contributed by atoms with Crippen molar-refractivity contribution < 1.29 is 19.1 Å². The van der Waals surface area contributed by atoms with Crippen molar-refractivity contribution in [2.75, 3.05) is 14.2 Å². The Morgan fingerprint density at radius 2 is 1.58 bits per heavy atom. The number of hydrogen-bond donors (Lipinski definition) is 1. The SMILES string of the molecule is C=CC.COC(=O)OC.NC=O. The van der Waals surface area contributed by atoms with Gasteiger partial charge in [-0.3, -0.25) is 4.79 Å². The monoisotopic (exact) mass is 177 g/mol. The number of rotatable bonds is 0. The summed E-state index contributed by atoms with van der Waals surface area (Å²) in [5.41, 5.74) is 4.17. The first-order valence-corrected chi connectivity index (χ1v) is 2.98. The minimum absolute atomic E-state index is 0.250. The summed E-state index contributed by atoms with van der Waals surface area (Å²) in [6.45, 7) is 5.25. The molecule has 0 atom stereocenters. The lowest BCUT2D eigenvalue weighted by Gasteiger charge is -1.89. The summed E-state index contributed by atoms with van der Waals surface area (Å²) in [5, 5.41) is 0. The number of carbonyl (C=O) groups excluding carboxylic acids is 2. The molecule has 0 aromatic rings. The zero-order valence-corrected chi connectivity index (χ0v) is 7.57. The number of amides is 1. The van der Waals surface area contributed by atoms with Crippen molar-refractivity contribution in [2.45, 2.75) is 6.92 Å². The third-order valence-corrected chi connectivity index (χ3v) is 0.333. The Balaban J connectivity index is -0.000000115. The normalized spacial score (nSPS) is 5.58. The van der Waals surface area contributed by atoms with E-state index in [9.17, 15) is 4.79 Å². The van der Waals surface area contributed by atoms with Crippen LogP contribution in [0.25, 0.3) is 0 Å². The molecule has 0 radical (unpaired) electrons. The molecule has 0 fully saturated rings. The van der Waals surface area contributed by atoms with E-state index in [0.29, 0.717) is 0 Å². The average Bonchev–Trinajstić information content (AvgIpc) is 2.06. The molecule has 0 heterocycles. The number of nitrogens with two attached hydrogens (primary N) is 1. The molecular weight excluding hydrogens is 162 g/mol. The van der Waals surface area contributed by atoms with Gasteiger partial charge in [0.1, 0.15) is 0 Å². The van der Waals surface area contributed by atoms with Crippen LogP contribution in [0.4, 0.5) is 4.79 Å². The minimum Gasteiger partial charge on any atom is -0.438 e. The summed E-state index contributed by atoms with van der Waals surface area (Å²) in [5.74, 6) is 0. The molecule has 0 unspecified atom stereocenters. The van der Waals surface area contributed by atoms with E-state index in [-0.39, 0.29) is 6.41 Å². The lowest BCUT2D eigenvalue weighted by molar-refractivity contribution is -0.106. The molecule has 0 aliphatic carbocycles. The number of primary amides is 1. The third-order valence-electron chi connectivity index (χ3n) is 0.333. The van der Waals surface area contributed by atoms with Crippen molar-refractivity contribution in [3.8, 4) is 0 Å². The second-order valence-corrected chi connectivity index (χ2v) is 1.20. The molecule has 0 spiro atoms. The largest absolute Gasteiger partial charge is 0.507 e. The smallest absolute Gasteiger partial charge is 0.438 e. The second kappa shape index (κ2) is 22.7. The summed E-state index contributed by atoms with van der Waals surface area (Å²) in [6, 6.07) is 0. The van der Waals surface area contributed by atoms with Crippen LogP contribution in [-0.4, -0.2) is 26.8 Å². The molecule has 0 aliphatic rings. The van der Waals surface area contributed by atoms with Crippen molar-refractivity contribution in [3.63, 3.8) is 0 Å². The van der Waals surface area contributed by atoms with Crippen LogP contribution >= 0.6 is 0 Å². The quantitative estimate of drug-likeness (QED) is 0.335. The maximum Gasteiger partial charge on any atom is 0.507 e. The van der Waals surface area contributed by atoms with Gasteiger partial charge in [-0.05, 0) is 6.92 Å². The van der Waals surface area contributed by atoms with Crippen LogP contribution in [0.5, 0.6) is 0 Å². The fourth-order valence-electron chi connectivity index (χ4n) is 0.0833. The van der Waals surface area contributed by atoms with E-state index in [1.807, 2.05) is 6.92 Å². The molecule has 0 aromatic heterocycles. The van der Waals surface area contributed by atoms with E-state index < -0.39 is 6.16 Å². The van der Waals surface area contributed by atoms with E-state index in [0.717, 1.165) is 0 Å². The van der Waals surface area contributed by atoms with E-state index in [1.165, 1.54) is 14.2 Å². The highest BCUT2D eigenvalue weighted by atomic mass is 16.7. The Labute approximate surface area is 72.1 Å². The van der Waals surface area contributed by atoms with Gasteiger partial charge in [-0.25, -0.2) is 4.79 Å². The molecule has 0 saturated carbocycles. The van der Waals surface area contributed by atoms with Gasteiger partial charge in [0.25, 0.3) is 0 Å². The number of methoxy groups -OCH3 is 2. The van der Waals surface area contributed by atoms with Crippen molar-refractivity contribution in [2.24, 2.45) is 5.73 Å². The summed E-state index contributed by atoms with van der Waals surface area (Å²) >= 11 is 0.